The van der Waals surface area contributed by atoms with E-state index in [1.54, 1.807) is 24.3 Å². The minimum absolute atomic E-state index is 0.274. The Hall–Kier alpha value is -1.72. The molecule has 0 saturated heterocycles. The van der Waals surface area contributed by atoms with E-state index in [1.807, 2.05) is 0 Å². The monoisotopic (exact) mass is 415 g/mol. The largest absolute Gasteiger partial charge is 0.478 e. The molecule has 0 radical (unpaired) electrons. The number of carbonyl (C=O) groups is 1. The summed E-state index contributed by atoms with van der Waals surface area (Å²) in [4.78, 5) is 10.8. The van der Waals surface area contributed by atoms with E-state index in [4.69, 9.17) is 5.11 Å². The quantitative estimate of drug-likeness (QED) is 0.255. The van der Waals surface area contributed by atoms with Crippen molar-refractivity contribution in [1.82, 2.24) is 0 Å². The number of benzene rings is 1. The number of nitrogens with one attached hydrogen (secondary N) is 1. The SMILES string of the molecule is O=C(O)c1ccc(NCCCCCCCCCCCCCCCC(F)(F)F)cc1. The van der Waals surface area contributed by atoms with Crippen molar-refractivity contribution in [2.45, 2.75) is 96.1 Å². The van der Waals surface area contributed by atoms with Crippen molar-refractivity contribution in [3.05, 3.63) is 29.8 Å². The van der Waals surface area contributed by atoms with Gasteiger partial charge in [0.15, 0.2) is 0 Å². The first kappa shape index (κ1) is 25.3. The molecule has 6 heteroatoms. The second kappa shape index (κ2) is 15.2. The van der Waals surface area contributed by atoms with Gasteiger partial charge in [0.1, 0.15) is 0 Å². The van der Waals surface area contributed by atoms with E-state index in [-0.39, 0.29) is 6.42 Å². The molecular weight excluding hydrogens is 379 g/mol. The second-order valence-electron chi connectivity index (χ2n) is 7.77. The van der Waals surface area contributed by atoms with Gasteiger partial charge >= 0.3 is 12.1 Å². The standard InChI is InChI=1S/C23H36F3NO2/c24-23(25,26)18-12-10-8-6-4-2-1-3-5-7-9-11-13-19-27-21-16-14-20(15-17-21)22(28)29/h14-17,27H,1-13,18-19H2,(H,28,29). The van der Waals surface area contributed by atoms with Crippen molar-refractivity contribution in [1.29, 1.82) is 0 Å². The van der Waals surface area contributed by atoms with Gasteiger partial charge < -0.3 is 10.4 Å². The number of carboxylic acids is 1. The number of anilines is 1. The number of rotatable bonds is 17. The van der Waals surface area contributed by atoms with Gasteiger partial charge in [0.2, 0.25) is 0 Å². The fourth-order valence-corrected chi connectivity index (χ4v) is 3.36. The molecule has 0 aliphatic rings. The number of halogens is 3. The van der Waals surface area contributed by atoms with Crippen molar-refractivity contribution < 1.29 is 23.1 Å². The van der Waals surface area contributed by atoms with Gasteiger partial charge in [-0.05, 0) is 37.1 Å². The number of hydrogen-bond acceptors (Lipinski definition) is 2. The lowest BCUT2D eigenvalue weighted by Crippen LogP contribution is -2.06. The van der Waals surface area contributed by atoms with Gasteiger partial charge in [-0.3, -0.25) is 0 Å². The maximum atomic E-state index is 12.0. The highest BCUT2D eigenvalue weighted by Crippen LogP contribution is 2.23. The number of hydrogen-bond donors (Lipinski definition) is 2. The van der Waals surface area contributed by atoms with Crippen LogP contribution in [0.3, 0.4) is 0 Å². The Labute approximate surface area is 173 Å². The van der Waals surface area contributed by atoms with E-state index in [2.05, 4.69) is 5.32 Å². The molecule has 1 aromatic rings. The highest BCUT2D eigenvalue weighted by atomic mass is 19.4. The number of carboxylic acid groups (broad SMARTS) is 1. The van der Waals surface area contributed by atoms with Crippen LogP contribution in [0.4, 0.5) is 18.9 Å². The second-order valence-corrected chi connectivity index (χ2v) is 7.77. The predicted octanol–water partition coefficient (Wildman–Crippen LogP) is 7.82. The highest BCUT2D eigenvalue weighted by Gasteiger charge is 2.25. The molecule has 2 N–H and O–H groups in total. The Balaban J connectivity index is 1.80. The van der Waals surface area contributed by atoms with Crippen LogP contribution in [0, 0.1) is 0 Å². The molecule has 0 heterocycles. The molecule has 166 valence electrons. The predicted molar refractivity (Wildman–Crippen MR) is 113 cm³/mol. The van der Waals surface area contributed by atoms with E-state index in [0.717, 1.165) is 37.9 Å². The van der Waals surface area contributed by atoms with Gasteiger partial charge in [-0.2, -0.15) is 13.2 Å². The third-order valence-electron chi connectivity index (χ3n) is 5.10. The van der Waals surface area contributed by atoms with Crippen LogP contribution in [0.5, 0.6) is 0 Å². The Bertz CT molecular complexity index is 544. The molecule has 0 aromatic heterocycles. The van der Waals surface area contributed by atoms with Crippen molar-refractivity contribution >= 4 is 11.7 Å². The summed E-state index contributed by atoms with van der Waals surface area (Å²) in [5.41, 5.74) is 1.26. The third-order valence-corrected chi connectivity index (χ3v) is 5.10. The Morgan fingerprint density at radius 1 is 0.724 bits per heavy atom. The Morgan fingerprint density at radius 3 is 1.55 bits per heavy atom. The molecule has 1 aromatic carbocycles. The summed E-state index contributed by atoms with van der Waals surface area (Å²) >= 11 is 0. The fraction of sp³-hybridized carbons (Fsp3) is 0.696. The fourth-order valence-electron chi connectivity index (χ4n) is 3.36. The molecule has 0 amide bonds. The summed E-state index contributed by atoms with van der Waals surface area (Å²) in [7, 11) is 0. The molecule has 29 heavy (non-hydrogen) atoms. The number of unbranched alkanes of at least 4 members (excludes halogenated alkanes) is 12. The lowest BCUT2D eigenvalue weighted by atomic mass is 10.0. The zero-order chi connectivity index (χ0) is 21.4. The lowest BCUT2D eigenvalue weighted by Gasteiger charge is -2.07. The summed E-state index contributed by atoms with van der Waals surface area (Å²) in [6.45, 7) is 0.898. The third kappa shape index (κ3) is 14.9. The minimum atomic E-state index is -3.99. The van der Waals surface area contributed by atoms with Gasteiger partial charge in [-0.25, -0.2) is 4.79 Å². The molecule has 0 spiro atoms. The van der Waals surface area contributed by atoms with E-state index >= 15 is 0 Å². The van der Waals surface area contributed by atoms with Crippen LogP contribution in [-0.2, 0) is 0 Å². The van der Waals surface area contributed by atoms with Crippen molar-refractivity contribution in [2.75, 3.05) is 11.9 Å². The summed E-state index contributed by atoms with van der Waals surface area (Å²) < 4.78 is 36.0. The van der Waals surface area contributed by atoms with E-state index in [9.17, 15) is 18.0 Å². The molecule has 0 aliphatic carbocycles. The summed E-state index contributed by atoms with van der Waals surface area (Å²) in [5.74, 6) is -0.906. The molecule has 0 fully saturated rings. The average Bonchev–Trinajstić information content (AvgIpc) is 2.67. The van der Waals surface area contributed by atoms with Crippen molar-refractivity contribution in [3.8, 4) is 0 Å². The zero-order valence-corrected chi connectivity index (χ0v) is 17.4. The van der Waals surface area contributed by atoms with Crippen LogP contribution in [0.2, 0.25) is 0 Å². The smallest absolute Gasteiger partial charge is 0.389 e. The van der Waals surface area contributed by atoms with Crippen molar-refractivity contribution in [3.63, 3.8) is 0 Å². The van der Waals surface area contributed by atoms with Crippen LogP contribution >= 0.6 is 0 Å². The first-order valence-corrected chi connectivity index (χ1v) is 11.0. The van der Waals surface area contributed by atoms with Gasteiger partial charge in [0.05, 0.1) is 5.56 Å². The molecule has 0 unspecified atom stereocenters. The van der Waals surface area contributed by atoms with Gasteiger partial charge in [0.25, 0.3) is 0 Å². The zero-order valence-electron chi connectivity index (χ0n) is 17.4. The molecule has 0 bridgehead atoms. The number of aromatic carboxylic acids is 1. The molecular formula is C23H36F3NO2. The molecule has 0 atom stereocenters. The van der Waals surface area contributed by atoms with Crippen LogP contribution in [0.25, 0.3) is 0 Å². The normalized spacial score (nSPS) is 11.6. The van der Waals surface area contributed by atoms with Crippen LogP contribution in [0.1, 0.15) is 100 Å². The molecule has 0 aliphatic heterocycles. The summed E-state index contributed by atoms with van der Waals surface area (Å²) in [6.07, 6.45) is 9.20. The van der Waals surface area contributed by atoms with Crippen LogP contribution in [-0.4, -0.2) is 23.8 Å². The van der Waals surface area contributed by atoms with Crippen LogP contribution < -0.4 is 5.32 Å². The number of alkyl halides is 3. The van der Waals surface area contributed by atoms with Crippen LogP contribution in [0.15, 0.2) is 24.3 Å². The topological polar surface area (TPSA) is 49.3 Å². The average molecular weight is 416 g/mol. The first-order valence-electron chi connectivity index (χ1n) is 11.0. The van der Waals surface area contributed by atoms with Gasteiger partial charge in [-0.15, -0.1) is 0 Å². The van der Waals surface area contributed by atoms with Gasteiger partial charge in [0, 0.05) is 18.7 Å². The van der Waals surface area contributed by atoms with Gasteiger partial charge in [-0.1, -0.05) is 70.6 Å². The highest BCUT2D eigenvalue weighted by molar-refractivity contribution is 5.87. The van der Waals surface area contributed by atoms with Crippen molar-refractivity contribution in [2.24, 2.45) is 0 Å². The Morgan fingerprint density at radius 2 is 1.14 bits per heavy atom. The van der Waals surface area contributed by atoms with E-state index < -0.39 is 18.6 Å². The first-order chi connectivity index (χ1) is 13.9. The molecule has 1 rings (SSSR count). The Kier molecular flexibility index (Phi) is 13.2. The molecule has 3 nitrogen and oxygen atoms in total. The summed E-state index contributed by atoms with van der Waals surface area (Å²) in [6, 6.07) is 6.81. The maximum absolute atomic E-state index is 12.0. The minimum Gasteiger partial charge on any atom is -0.478 e. The summed E-state index contributed by atoms with van der Waals surface area (Å²) in [5, 5.41) is 12.2. The van der Waals surface area contributed by atoms with E-state index in [1.165, 1.54) is 44.9 Å². The molecule has 0 saturated carbocycles. The maximum Gasteiger partial charge on any atom is 0.389 e. The van der Waals surface area contributed by atoms with E-state index in [0.29, 0.717) is 12.0 Å². The lowest BCUT2D eigenvalue weighted by molar-refractivity contribution is -0.135.